The van der Waals surface area contributed by atoms with Gasteiger partial charge in [-0.25, -0.2) is 0 Å². The average Bonchev–Trinajstić information content (AvgIpc) is 2.48. The fourth-order valence-corrected chi connectivity index (χ4v) is 1.18. The number of ketones is 1. The van der Waals surface area contributed by atoms with Crippen molar-refractivity contribution in [3.05, 3.63) is 30.6 Å². The van der Waals surface area contributed by atoms with Gasteiger partial charge in [0, 0.05) is 31.8 Å². The highest BCUT2D eigenvalue weighted by Crippen LogP contribution is 2.02. The molecule has 0 fully saturated rings. The summed E-state index contributed by atoms with van der Waals surface area (Å²) in [6.07, 6.45) is 5.20. The zero-order chi connectivity index (χ0) is 9.68. The quantitative estimate of drug-likeness (QED) is 0.640. The van der Waals surface area contributed by atoms with Crippen LogP contribution in [0.3, 0.4) is 0 Å². The van der Waals surface area contributed by atoms with Crippen LogP contribution in [0.1, 0.15) is 18.5 Å². The Morgan fingerprint density at radius 3 is 3.08 bits per heavy atom. The van der Waals surface area contributed by atoms with Gasteiger partial charge in [-0.15, -0.1) is 6.58 Å². The second-order valence-corrected chi connectivity index (χ2v) is 2.98. The first-order chi connectivity index (χ1) is 6.24. The average molecular weight is 178 g/mol. The third-order valence-electron chi connectivity index (χ3n) is 1.95. The van der Waals surface area contributed by atoms with Gasteiger partial charge in [0.2, 0.25) is 0 Å². The second kappa shape index (κ2) is 4.60. The van der Waals surface area contributed by atoms with Gasteiger partial charge < -0.3 is 0 Å². The van der Waals surface area contributed by atoms with E-state index in [0.717, 1.165) is 12.1 Å². The minimum Gasteiger partial charge on any atom is -0.299 e. The molecule has 0 radical (unpaired) electrons. The number of carbonyl (C=O) groups excluding carboxylic acids is 1. The Morgan fingerprint density at radius 1 is 1.77 bits per heavy atom. The SMILES string of the molecule is C=CCC(=O)CCc1ccnn1C. The predicted octanol–water partition coefficient (Wildman–Crippen LogP) is 1.50. The molecule has 70 valence electrons. The maximum absolute atomic E-state index is 11.1. The number of hydrogen-bond donors (Lipinski definition) is 0. The summed E-state index contributed by atoms with van der Waals surface area (Å²) in [6, 6.07) is 1.93. The van der Waals surface area contributed by atoms with Crippen LogP contribution in [0.4, 0.5) is 0 Å². The van der Waals surface area contributed by atoms with Crippen LogP contribution in [0.25, 0.3) is 0 Å². The molecule has 3 heteroatoms. The molecule has 0 aromatic carbocycles. The number of aryl methyl sites for hydroxylation is 2. The molecule has 0 atom stereocenters. The lowest BCUT2D eigenvalue weighted by Gasteiger charge is -1.99. The van der Waals surface area contributed by atoms with Crippen LogP contribution >= 0.6 is 0 Å². The third-order valence-corrected chi connectivity index (χ3v) is 1.95. The van der Waals surface area contributed by atoms with E-state index in [4.69, 9.17) is 0 Å². The lowest BCUT2D eigenvalue weighted by molar-refractivity contribution is -0.118. The summed E-state index contributed by atoms with van der Waals surface area (Å²) < 4.78 is 1.79. The highest BCUT2D eigenvalue weighted by Gasteiger charge is 2.02. The van der Waals surface area contributed by atoms with Crippen molar-refractivity contribution in [3.8, 4) is 0 Å². The lowest BCUT2D eigenvalue weighted by atomic mass is 10.1. The summed E-state index contributed by atoms with van der Waals surface area (Å²) in [4.78, 5) is 11.1. The summed E-state index contributed by atoms with van der Waals surface area (Å²) in [5.41, 5.74) is 1.09. The Hall–Kier alpha value is -1.38. The van der Waals surface area contributed by atoms with Crippen molar-refractivity contribution < 1.29 is 4.79 Å². The molecule has 3 nitrogen and oxygen atoms in total. The molecule has 0 amide bonds. The minimum atomic E-state index is 0.233. The van der Waals surface area contributed by atoms with Crippen molar-refractivity contribution >= 4 is 5.78 Å². The number of Topliss-reactive ketones (excluding diaryl/α,β-unsaturated/α-hetero) is 1. The molecule has 0 spiro atoms. The van der Waals surface area contributed by atoms with E-state index in [1.54, 1.807) is 17.0 Å². The molecular weight excluding hydrogens is 164 g/mol. The summed E-state index contributed by atoms with van der Waals surface area (Å²) in [7, 11) is 1.88. The second-order valence-electron chi connectivity index (χ2n) is 2.98. The van der Waals surface area contributed by atoms with Gasteiger partial charge in [0.15, 0.2) is 0 Å². The van der Waals surface area contributed by atoms with Gasteiger partial charge in [-0.05, 0) is 12.5 Å². The molecule has 1 aromatic heterocycles. The number of rotatable bonds is 5. The van der Waals surface area contributed by atoms with E-state index >= 15 is 0 Å². The molecular formula is C10H14N2O. The van der Waals surface area contributed by atoms with Crippen LogP contribution in [0.2, 0.25) is 0 Å². The molecule has 0 aliphatic carbocycles. The van der Waals surface area contributed by atoms with Crippen LogP contribution in [0.5, 0.6) is 0 Å². The number of aromatic nitrogens is 2. The van der Waals surface area contributed by atoms with E-state index in [2.05, 4.69) is 11.7 Å². The van der Waals surface area contributed by atoms with E-state index in [-0.39, 0.29) is 5.78 Å². The van der Waals surface area contributed by atoms with Crippen molar-refractivity contribution in [1.82, 2.24) is 9.78 Å². The van der Waals surface area contributed by atoms with Gasteiger partial charge in [-0.2, -0.15) is 5.10 Å². The van der Waals surface area contributed by atoms with Crippen molar-refractivity contribution in [2.24, 2.45) is 7.05 Å². The van der Waals surface area contributed by atoms with E-state index in [1.165, 1.54) is 0 Å². The third kappa shape index (κ3) is 2.86. The topological polar surface area (TPSA) is 34.9 Å². The van der Waals surface area contributed by atoms with Crippen LogP contribution in [-0.4, -0.2) is 15.6 Å². The van der Waals surface area contributed by atoms with Gasteiger partial charge in [0.25, 0.3) is 0 Å². The van der Waals surface area contributed by atoms with E-state index in [1.807, 2.05) is 13.1 Å². The number of hydrogen-bond acceptors (Lipinski definition) is 2. The highest BCUT2D eigenvalue weighted by atomic mass is 16.1. The fraction of sp³-hybridized carbons (Fsp3) is 0.400. The molecule has 13 heavy (non-hydrogen) atoms. The monoisotopic (exact) mass is 178 g/mol. The van der Waals surface area contributed by atoms with Crippen molar-refractivity contribution in [2.45, 2.75) is 19.3 Å². The first-order valence-electron chi connectivity index (χ1n) is 4.33. The standard InChI is InChI=1S/C10H14N2O/c1-3-4-10(13)6-5-9-7-8-11-12(9)2/h3,7-8H,1,4-6H2,2H3. The normalized spacial score (nSPS) is 9.92. The zero-order valence-corrected chi connectivity index (χ0v) is 7.86. The van der Waals surface area contributed by atoms with E-state index in [9.17, 15) is 4.79 Å². The minimum absolute atomic E-state index is 0.233. The Labute approximate surface area is 78.1 Å². The Balaban J connectivity index is 2.39. The number of carbonyl (C=O) groups is 1. The van der Waals surface area contributed by atoms with Gasteiger partial charge in [0.05, 0.1) is 0 Å². The predicted molar refractivity (Wildman–Crippen MR) is 51.4 cm³/mol. The van der Waals surface area contributed by atoms with Crippen LogP contribution in [-0.2, 0) is 18.3 Å². The van der Waals surface area contributed by atoms with E-state index in [0.29, 0.717) is 12.8 Å². The Kier molecular flexibility index (Phi) is 3.43. The molecule has 0 N–H and O–H groups in total. The molecule has 0 bridgehead atoms. The number of nitrogens with zero attached hydrogens (tertiary/aromatic N) is 2. The molecule has 0 aliphatic rings. The smallest absolute Gasteiger partial charge is 0.137 e. The number of allylic oxidation sites excluding steroid dienone is 1. The highest BCUT2D eigenvalue weighted by molar-refractivity contribution is 5.79. The first kappa shape index (κ1) is 9.71. The summed E-state index contributed by atoms with van der Waals surface area (Å²) in [5, 5.41) is 4.03. The maximum atomic E-state index is 11.1. The van der Waals surface area contributed by atoms with Crippen molar-refractivity contribution in [3.63, 3.8) is 0 Å². The van der Waals surface area contributed by atoms with Crippen molar-refractivity contribution in [1.29, 1.82) is 0 Å². The molecule has 0 unspecified atom stereocenters. The lowest BCUT2D eigenvalue weighted by Crippen LogP contribution is -2.03. The van der Waals surface area contributed by atoms with Gasteiger partial charge in [0.1, 0.15) is 5.78 Å². The Bertz CT molecular complexity index is 302. The molecule has 0 saturated carbocycles. The van der Waals surface area contributed by atoms with Crippen LogP contribution in [0, 0.1) is 0 Å². The molecule has 0 aliphatic heterocycles. The molecule has 1 aromatic rings. The maximum Gasteiger partial charge on any atom is 0.137 e. The van der Waals surface area contributed by atoms with Gasteiger partial charge in [-0.3, -0.25) is 9.48 Å². The summed E-state index contributed by atoms with van der Waals surface area (Å²) in [5.74, 6) is 0.233. The van der Waals surface area contributed by atoms with Crippen LogP contribution < -0.4 is 0 Å². The van der Waals surface area contributed by atoms with Gasteiger partial charge >= 0.3 is 0 Å². The summed E-state index contributed by atoms with van der Waals surface area (Å²) >= 11 is 0. The molecule has 1 heterocycles. The fourth-order valence-electron chi connectivity index (χ4n) is 1.18. The summed E-state index contributed by atoms with van der Waals surface area (Å²) in [6.45, 7) is 3.52. The molecule has 0 saturated heterocycles. The van der Waals surface area contributed by atoms with Crippen molar-refractivity contribution in [2.75, 3.05) is 0 Å². The largest absolute Gasteiger partial charge is 0.299 e. The van der Waals surface area contributed by atoms with Crippen LogP contribution in [0.15, 0.2) is 24.9 Å². The Morgan fingerprint density at radius 2 is 2.54 bits per heavy atom. The zero-order valence-electron chi connectivity index (χ0n) is 7.86. The van der Waals surface area contributed by atoms with E-state index < -0.39 is 0 Å². The van der Waals surface area contributed by atoms with Gasteiger partial charge in [-0.1, -0.05) is 6.08 Å². The first-order valence-corrected chi connectivity index (χ1v) is 4.33. The molecule has 1 rings (SSSR count).